The number of anilines is 2. The van der Waals surface area contributed by atoms with Crippen molar-refractivity contribution in [1.82, 2.24) is 9.97 Å². The number of nitrogens with zero attached hydrogens (tertiary/aromatic N) is 2. The van der Waals surface area contributed by atoms with Crippen molar-refractivity contribution in [2.24, 2.45) is 0 Å². The van der Waals surface area contributed by atoms with Crippen molar-refractivity contribution in [1.29, 1.82) is 0 Å². The van der Waals surface area contributed by atoms with Crippen molar-refractivity contribution in [2.45, 2.75) is 13.8 Å². The third-order valence-corrected chi connectivity index (χ3v) is 2.64. The van der Waals surface area contributed by atoms with Crippen LogP contribution in [0, 0.1) is 6.92 Å². The van der Waals surface area contributed by atoms with E-state index in [0.29, 0.717) is 37.2 Å². The SMILES string of the molecule is CCOc1cc(NCCOc2cccc(N)c2)nc(C)n1. The molecule has 1 aromatic heterocycles. The van der Waals surface area contributed by atoms with Crippen LogP contribution in [-0.2, 0) is 0 Å². The molecule has 1 aromatic carbocycles. The number of hydrogen-bond acceptors (Lipinski definition) is 6. The summed E-state index contributed by atoms with van der Waals surface area (Å²) in [5.41, 5.74) is 6.38. The number of hydrogen-bond donors (Lipinski definition) is 2. The van der Waals surface area contributed by atoms with E-state index >= 15 is 0 Å². The summed E-state index contributed by atoms with van der Waals surface area (Å²) in [6.45, 7) is 5.46. The Kier molecular flexibility index (Phi) is 5.20. The molecule has 1 heterocycles. The average Bonchev–Trinajstić information content (AvgIpc) is 2.43. The Bertz CT molecular complexity index is 590. The number of ether oxygens (including phenoxy) is 2. The Morgan fingerprint density at radius 3 is 2.81 bits per heavy atom. The molecule has 0 spiro atoms. The molecular weight excluding hydrogens is 268 g/mol. The van der Waals surface area contributed by atoms with Gasteiger partial charge in [0.2, 0.25) is 5.88 Å². The number of nitrogen functional groups attached to an aromatic ring is 1. The van der Waals surface area contributed by atoms with Gasteiger partial charge < -0.3 is 20.5 Å². The lowest BCUT2D eigenvalue weighted by Crippen LogP contribution is -2.13. The molecule has 0 saturated carbocycles. The topological polar surface area (TPSA) is 82.3 Å². The lowest BCUT2D eigenvalue weighted by Gasteiger charge is -2.10. The molecule has 0 amide bonds. The van der Waals surface area contributed by atoms with Crippen molar-refractivity contribution in [3.05, 3.63) is 36.2 Å². The van der Waals surface area contributed by atoms with E-state index in [2.05, 4.69) is 15.3 Å². The molecule has 3 N–H and O–H groups in total. The minimum atomic E-state index is 0.510. The minimum absolute atomic E-state index is 0.510. The first-order valence-corrected chi connectivity index (χ1v) is 6.88. The van der Waals surface area contributed by atoms with E-state index < -0.39 is 0 Å². The van der Waals surface area contributed by atoms with Crippen LogP contribution in [0.4, 0.5) is 11.5 Å². The summed E-state index contributed by atoms with van der Waals surface area (Å²) in [7, 11) is 0. The van der Waals surface area contributed by atoms with Gasteiger partial charge in [-0.15, -0.1) is 0 Å². The Hall–Kier alpha value is -2.50. The van der Waals surface area contributed by atoms with Crippen LogP contribution in [0.3, 0.4) is 0 Å². The molecule has 0 bridgehead atoms. The van der Waals surface area contributed by atoms with E-state index in [1.807, 2.05) is 32.0 Å². The monoisotopic (exact) mass is 288 g/mol. The molecule has 2 aromatic rings. The number of nitrogens with two attached hydrogens (primary N) is 1. The number of rotatable bonds is 7. The Morgan fingerprint density at radius 2 is 2.05 bits per heavy atom. The zero-order chi connectivity index (χ0) is 15.1. The highest BCUT2D eigenvalue weighted by Crippen LogP contribution is 2.15. The minimum Gasteiger partial charge on any atom is -0.492 e. The average molecular weight is 288 g/mol. The summed E-state index contributed by atoms with van der Waals surface area (Å²) in [5.74, 6) is 2.72. The van der Waals surface area contributed by atoms with Gasteiger partial charge in [-0.25, -0.2) is 4.98 Å². The van der Waals surface area contributed by atoms with Crippen LogP contribution in [0.15, 0.2) is 30.3 Å². The first-order chi connectivity index (χ1) is 10.2. The maximum atomic E-state index is 5.69. The zero-order valence-corrected chi connectivity index (χ0v) is 12.3. The van der Waals surface area contributed by atoms with Gasteiger partial charge in [-0.3, -0.25) is 0 Å². The molecule has 6 heteroatoms. The van der Waals surface area contributed by atoms with E-state index in [1.165, 1.54) is 0 Å². The summed E-state index contributed by atoms with van der Waals surface area (Å²) in [5, 5.41) is 3.18. The highest BCUT2D eigenvalue weighted by atomic mass is 16.5. The van der Waals surface area contributed by atoms with Gasteiger partial charge >= 0.3 is 0 Å². The summed E-state index contributed by atoms with van der Waals surface area (Å²) >= 11 is 0. The van der Waals surface area contributed by atoms with Gasteiger partial charge in [-0.1, -0.05) is 6.07 Å². The summed E-state index contributed by atoms with van der Waals surface area (Å²) in [4.78, 5) is 8.49. The van der Waals surface area contributed by atoms with E-state index in [-0.39, 0.29) is 0 Å². The Morgan fingerprint density at radius 1 is 1.19 bits per heavy atom. The van der Waals surface area contributed by atoms with Crippen molar-refractivity contribution in [2.75, 3.05) is 30.8 Å². The van der Waals surface area contributed by atoms with Gasteiger partial charge in [0.1, 0.15) is 24.0 Å². The molecule has 0 unspecified atom stereocenters. The van der Waals surface area contributed by atoms with Crippen LogP contribution >= 0.6 is 0 Å². The van der Waals surface area contributed by atoms with Crippen LogP contribution in [0.5, 0.6) is 11.6 Å². The summed E-state index contributed by atoms with van der Waals surface area (Å²) < 4.78 is 11.0. The first-order valence-electron chi connectivity index (χ1n) is 6.88. The molecule has 2 rings (SSSR count). The van der Waals surface area contributed by atoms with Gasteiger partial charge in [0.05, 0.1) is 13.2 Å². The van der Waals surface area contributed by atoms with Crippen LogP contribution in [0.25, 0.3) is 0 Å². The maximum absolute atomic E-state index is 5.69. The second kappa shape index (κ2) is 7.33. The van der Waals surface area contributed by atoms with Gasteiger partial charge in [0.25, 0.3) is 0 Å². The molecule has 0 fully saturated rings. The Labute approximate surface area is 124 Å². The fourth-order valence-electron chi connectivity index (χ4n) is 1.81. The highest BCUT2D eigenvalue weighted by Gasteiger charge is 2.02. The zero-order valence-electron chi connectivity index (χ0n) is 12.3. The van der Waals surface area contributed by atoms with Crippen molar-refractivity contribution >= 4 is 11.5 Å². The molecule has 21 heavy (non-hydrogen) atoms. The second-order valence-electron chi connectivity index (χ2n) is 4.42. The van der Waals surface area contributed by atoms with Crippen LogP contribution in [0.1, 0.15) is 12.7 Å². The fraction of sp³-hybridized carbons (Fsp3) is 0.333. The van der Waals surface area contributed by atoms with Crippen LogP contribution in [0.2, 0.25) is 0 Å². The predicted molar refractivity (Wildman–Crippen MR) is 82.8 cm³/mol. The first kappa shape index (κ1) is 14.9. The van der Waals surface area contributed by atoms with E-state index in [9.17, 15) is 0 Å². The standard InChI is InChI=1S/C15H20N4O2/c1-3-20-15-10-14(18-11(2)19-15)17-7-8-21-13-6-4-5-12(16)9-13/h4-6,9-10H,3,7-8,16H2,1-2H3,(H,17,18,19). The van der Waals surface area contributed by atoms with Crippen molar-refractivity contribution in [3.63, 3.8) is 0 Å². The van der Waals surface area contributed by atoms with Crippen molar-refractivity contribution < 1.29 is 9.47 Å². The number of nitrogens with one attached hydrogen (secondary N) is 1. The third kappa shape index (κ3) is 4.83. The third-order valence-electron chi connectivity index (χ3n) is 2.64. The van der Waals surface area contributed by atoms with E-state index in [4.69, 9.17) is 15.2 Å². The van der Waals surface area contributed by atoms with Gasteiger partial charge in [0, 0.05) is 17.8 Å². The van der Waals surface area contributed by atoms with Gasteiger partial charge in [0.15, 0.2) is 0 Å². The second-order valence-corrected chi connectivity index (χ2v) is 4.42. The lowest BCUT2D eigenvalue weighted by molar-refractivity contribution is 0.325. The number of benzene rings is 1. The lowest BCUT2D eigenvalue weighted by atomic mass is 10.3. The van der Waals surface area contributed by atoms with Crippen molar-refractivity contribution in [3.8, 4) is 11.6 Å². The largest absolute Gasteiger partial charge is 0.492 e. The molecule has 112 valence electrons. The van der Waals surface area contributed by atoms with Gasteiger partial charge in [-0.2, -0.15) is 4.98 Å². The fourth-order valence-corrected chi connectivity index (χ4v) is 1.81. The van der Waals surface area contributed by atoms with Crippen LogP contribution in [-0.4, -0.2) is 29.7 Å². The quantitative estimate of drug-likeness (QED) is 0.600. The smallest absolute Gasteiger partial charge is 0.218 e. The highest BCUT2D eigenvalue weighted by molar-refractivity contribution is 5.43. The van der Waals surface area contributed by atoms with Gasteiger partial charge in [-0.05, 0) is 26.0 Å². The molecule has 0 saturated heterocycles. The molecule has 0 radical (unpaired) electrons. The summed E-state index contributed by atoms with van der Waals surface area (Å²) in [6, 6.07) is 9.13. The van der Waals surface area contributed by atoms with Crippen LogP contribution < -0.4 is 20.5 Å². The Balaban J connectivity index is 1.83. The van der Waals surface area contributed by atoms with E-state index in [0.717, 1.165) is 11.6 Å². The molecular formula is C15H20N4O2. The molecule has 0 atom stereocenters. The maximum Gasteiger partial charge on any atom is 0.218 e. The number of aromatic nitrogens is 2. The molecule has 0 aliphatic heterocycles. The predicted octanol–water partition coefficient (Wildman–Crippen LogP) is 2.26. The molecule has 0 aliphatic rings. The molecule has 6 nitrogen and oxygen atoms in total. The normalized spacial score (nSPS) is 10.2. The summed E-state index contributed by atoms with van der Waals surface area (Å²) in [6.07, 6.45) is 0. The van der Waals surface area contributed by atoms with E-state index in [1.54, 1.807) is 12.1 Å². The number of aryl methyl sites for hydroxylation is 1. The molecule has 0 aliphatic carbocycles.